The lowest BCUT2D eigenvalue weighted by atomic mass is 9.88. The molecule has 94 valence electrons. The van der Waals surface area contributed by atoms with Crippen LogP contribution in [-0.2, 0) is 5.60 Å². The first kappa shape index (κ1) is 12.8. The molecule has 1 unspecified atom stereocenters. The summed E-state index contributed by atoms with van der Waals surface area (Å²) >= 11 is 5.84. The topological polar surface area (TPSA) is 59.1 Å². The predicted molar refractivity (Wildman–Crippen MR) is 68.7 cm³/mol. The normalized spacial score (nSPS) is 14.2. The largest absolute Gasteiger partial charge is 0.383 e. The smallest absolute Gasteiger partial charge is 0.129 e. The number of rotatable bonds is 2. The van der Waals surface area contributed by atoms with E-state index in [1.54, 1.807) is 6.07 Å². The van der Waals surface area contributed by atoms with Gasteiger partial charge in [-0.2, -0.15) is 0 Å². The Balaban J connectivity index is 2.57. The number of halogens is 2. The average Bonchev–Trinajstić information content (AvgIpc) is 2.32. The fraction of sp³-hybridized carbons (Fsp3) is 0.154. The molecule has 0 bridgehead atoms. The zero-order valence-corrected chi connectivity index (χ0v) is 10.4. The molecule has 18 heavy (non-hydrogen) atoms. The number of aromatic nitrogens is 1. The van der Waals surface area contributed by atoms with Gasteiger partial charge in [-0.3, -0.25) is 0 Å². The Hall–Kier alpha value is -1.65. The third-order valence-corrected chi connectivity index (χ3v) is 3.00. The van der Waals surface area contributed by atoms with Crippen LogP contribution < -0.4 is 5.73 Å². The van der Waals surface area contributed by atoms with Crippen LogP contribution in [0.4, 0.5) is 10.2 Å². The number of hydrogen-bond donors (Lipinski definition) is 2. The van der Waals surface area contributed by atoms with Gasteiger partial charge in [0.1, 0.15) is 17.2 Å². The van der Waals surface area contributed by atoms with Crippen LogP contribution >= 0.6 is 11.6 Å². The molecule has 2 aromatic rings. The minimum Gasteiger partial charge on any atom is -0.383 e. The van der Waals surface area contributed by atoms with Crippen molar-refractivity contribution in [2.24, 2.45) is 0 Å². The van der Waals surface area contributed by atoms with E-state index in [1.807, 2.05) is 0 Å². The van der Waals surface area contributed by atoms with E-state index in [-0.39, 0.29) is 5.82 Å². The van der Waals surface area contributed by atoms with Gasteiger partial charge in [-0.25, -0.2) is 9.37 Å². The molecule has 1 aromatic carbocycles. The second-order valence-corrected chi connectivity index (χ2v) is 4.61. The molecule has 0 radical (unpaired) electrons. The van der Waals surface area contributed by atoms with Gasteiger partial charge in [0, 0.05) is 11.8 Å². The maximum absolute atomic E-state index is 13.2. The highest BCUT2D eigenvalue weighted by molar-refractivity contribution is 6.30. The number of aliphatic hydroxyl groups is 1. The number of benzene rings is 1. The minimum absolute atomic E-state index is 0.161. The summed E-state index contributed by atoms with van der Waals surface area (Å²) in [5.74, 6) is -0.269. The van der Waals surface area contributed by atoms with E-state index in [9.17, 15) is 9.50 Å². The van der Waals surface area contributed by atoms with E-state index in [2.05, 4.69) is 4.98 Å². The Morgan fingerprint density at radius 3 is 2.78 bits per heavy atom. The first-order chi connectivity index (χ1) is 8.41. The lowest BCUT2D eigenvalue weighted by Crippen LogP contribution is -2.25. The second kappa shape index (κ2) is 4.55. The third-order valence-electron chi connectivity index (χ3n) is 2.80. The molecule has 0 spiro atoms. The van der Waals surface area contributed by atoms with Crippen molar-refractivity contribution in [3.8, 4) is 0 Å². The van der Waals surface area contributed by atoms with Crippen LogP contribution in [-0.4, -0.2) is 10.1 Å². The molecule has 1 atom stereocenters. The highest BCUT2D eigenvalue weighted by atomic mass is 35.5. The van der Waals surface area contributed by atoms with E-state index >= 15 is 0 Å². The van der Waals surface area contributed by atoms with Gasteiger partial charge in [0.05, 0.1) is 5.02 Å². The first-order valence-corrected chi connectivity index (χ1v) is 5.69. The van der Waals surface area contributed by atoms with E-state index < -0.39 is 11.4 Å². The summed E-state index contributed by atoms with van der Waals surface area (Å²) in [6.45, 7) is 1.52. The molecule has 0 saturated heterocycles. The number of pyridine rings is 1. The Bertz CT molecular complexity index is 587. The Morgan fingerprint density at radius 2 is 2.11 bits per heavy atom. The quantitative estimate of drug-likeness (QED) is 0.879. The number of nitrogens with two attached hydrogens (primary N) is 1. The first-order valence-electron chi connectivity index (χ1n) is 5.31. The van der Waals surface area contributed by atoms with Crippen LogP contribution in [0.15, 0.2) is 36.5 Å². The number of hydrogen-bond acceptors (Lipinski definition) is 3. The van der Waals surface area contributed by atoms with E-state index in [1.165, 1.54) is 37.4 Å². The molecule has 0 aliphatic heterocycles. The monoisotopic (exact) mass is 266 g/mol. The van der Waals surface area contributed by atoms with Gasteiger partial charge in [-0.1, -0.05) is 23.7 Å². The van der Waals surface area contributed by atoms with Crippen molar-refractivity contribution >= 4 is 17.4 Å². The molecule has 1 heterocycles. The van der Waals surface area contributed by atoms with E-state index in [4.69, 9.17) is 17.3 Å². The molecule has 3 nitrogen and oxygen atoms in total. The van der Waals surface area contributed by atoms with Crippen molar-refractivity contribution in [1.82, 2.24) is 4.98 Å². The summed E-state index contributed by atoms with van der Waals surface area (Å²) in [5, 5.41) is 10.9. The molecule has 0 fully saturated rings. The van der Waals surface area contributed by atoms with Crippen molar-refractivity contribution in [1.29, 1.82) is 0 Å². The predicted octanol–water partition coefficient (Wildman–Crippen LogP) is 2.71. The minimum atomic E-state index is -1.45. The lowest BCUT2D eigenvalue weighted by Gasteiger charge is -2.25. The number of anilines is 1. The number of nitrogens with zero attached hydrogens (tertiary/aromatic N) is 1. The highest BCUT2D eigenvalue weighted by Crippen LogP contribution is 2.33. The van der Waals surface area contributed by atoms with Crippen LogP contribution in [0, 0.1) is 5.82 Å². The van der Waals surface area contributed by atoms with E-state index in [0.29, 0.717) is 16.1 Å². The standard InChI is InChI=1S/C13H12ClFN2O/c1-13(18,8-3-2-4-10(15)5-8)11-6-9(14)7-17-12(11)16/h2-7,18H,1H3,(H2,16,17). The van der Waals surface area contributed by atoms with Gasteiger partial charge in [0.15, 0.2) is 0 Å². The molecule has 2 rings (SSSR count). The summed E-state index contributed by atoms with van der Waals surface area (Å²) in [6, 6.07) is 7.21. The van der Waals surface area contributed by atoms with Gasteiger partial charge < -0.3 is 10.8 Å². The van der Waals surface area contributed by atoms with Gasteiger partial charge >= 0.3 is 0 Å². The zero-order chi connectivity index (χ0) is 13.3. The van der Waals surface area contributed by atoms with Crippen LogP contribution in [0.3, 0.4) is 0 Å². The van der Waals surface area contributed by atoms with E-state index in [0.717, 1.165) is 0 Å². The Morgan fingerprint density at radius 1 is 1.39 bits per heavy atom. The summed E-state index contributed by atoms with van der Waals surface area (Å²) in [4.78, 5) is 3.88. The van der Waals surface area contributed by atoms with Gasteiger partial charge in [-0.05, 0) is 30.7 Å². The molecular formula is C13H12ClFN2O. The van der Waals surface area contributed by atoms with Crippen molar-refractivity contribution in [3.63, 3.8) is 0 Å². The van der Waals surface area contributed by atoms with Crippen LogP contribution in [0.5, 0.6) is 0 Å². The molecule has 0 aliphatic carbocycles. The summed E-state index contributed by atoms with van der Waals surface area (Å²) in [5.41, 5.74) is 5.01. The fourth-order valence-corrected chi connectivity index (χ4v) is 1.94. The molecule has 0 aliphatic rings. The summed E-state index contributed by atoms with van der Waals surface area (Å²) in [6.07, 6.45) is 1.39. The molecular weight excluding hydrogens is 255 g/mol. The summed E-state index contributed by atoms with van der Waals surface area (Å²) < 4.78 is 13.2. The molecule has 0 saturated carbocycles. The number of nitrogen functional groups attached to an aromatic ring is 1. The van der Waals surface area contributed by atoms with Crippen molar-refractivity contribution in [2.45, 2.75) is 12.5 Å². The maximum Gasteiger partial charge on any atom is 0.129 e. The molecule has 3 N–H and O–H groups in total. The van der Waals surface area contributed by atoms with Crippen LogP contribution in [0.1, 0.15) is 18.1 Å². The molecule has 0 amide bonds. The van der Waals surface area contributed by atoms with Crippen LogP contribution in [0.2, 0.25) is 5.02 Å². The van der Waals surface area contributed by atoms with Gasteiger partial charge in [0.25, 0.3) is 0 Å². The molecule has 5 heteroatoms. The molecule has 1 aromatic heterocycles. The second-order valence-electron chi connectivity index (χ2n) is 4.17. The fourth-order valence-electron chi connectivity index (χ4n) is 1.79. The zero-order valence-electron chi connectivity index (χ0n) is 9.69. The van der Waals surface area contributed by atoms with Crippen molar-refractivity contribution in [3.05, 3.63) is 58.5 Å². The lowest BCUT2D eigenvalue weighted by molar-refractivity contribution is 0.102. The average molecular weight is 267 g/mol. The van der Waals surface area contributed by atoms with Gasteiger partial charge in [0.2, 0.25) is 0 Å². The Kier molecular flexibility index (Phi) is 3.24. The highest BCUT2D eigenvalue weighted by Gasteiger charge is 2.29. The third kappa shape index (κ3) is 2.30. The summed E-state index contributed by atoms with van der Waals surface area (Å²) in [7, 11) is 0. The van der Waals surface area contributed by atoms with Crippen LogP contribution in [0.25, 0.3) is 0 Å². The SMILES string of the molecule is CC(O)(c1cccc(F)c1)c1cc(Cl)cnc1N. The Labute approximate surface area is 109 Å². The van der Waals surface area contributed by atoms with Crippen molar-refractivity contribution < 1.29 is 9.50 Å². The van der Waals surface area contributed by atoms with Gasteiger partial charge in [-0.15, -0.1) is 0 Å². The van der Waals surface area contributed by atoms with Crippen molar-refractivity contribution in [2.75, 3.05) is 5.73 Å². The maximum atomic E-state index is 13.2.